The van der Waals surface area contributed by atoms with Crippen LogP contribution in [0.25, 0.3) is 11.3 Å². The molecule has 1 saturated carbocycles. The second-order valence-corrected chi connectivity index (χ2v) is 9.81. The highest BCUT2D eigenvalue weighted by Gasteiger charge is 2.54. The Kier molecular flexibility index (Phi) is 5.48. The zero-order valence-electron chi connectivity index (χ0n) is 19.8. The number of carbonyl (C=O) groups is 2. The van der Waals surface area contributed by atoms with Gasteiger partial charge in [0, 0.05) is 48.2 Å². The maximum atomic E-state index is 13.0. The van der Waals surface area contributed by atoms with Crippen LogP contribution in [0.2, 0.25) is 5.02 Å². The number of carbonyl (C=O) groups excluding carboxylic acids is 2. The van der Waals surface area contributed by atoms with E-state index in [2.05, 4.69) is 27.2 Å². The van der Waals surface area contributed by atoms with Crippen LogP contribution in [0.5, 0.6) is 5.75 Å². The molecule has 1 saturated heterocycles. The molecule has 1 unspecified atom stereocenters. The van der Waals surface area contributed by atoms with Crippen molar-refractivity contribution in [3.8, 4) is 17.0 Å². The zero-order chi connectivity index (χ0) is 25.0. The molecule has 0 spiro atoms. The molecule has 36 heavy (non-hydrogen) atoms. The summed E-state index contributed by atoms with van der Waals surface area (Å²) in [6, 6.07) is 7.52. The van der Waals surface area contributed by atoms with Gasteiger partial charge in [0.25, 0.3) is 5.91 Å². The van der Waals surface area contributed by atoms with Gasteiger partial charge in [-0.05, 0) is 43.0 Å². The normalized spacial score (nSPS) is 21.9. The van der Waals surface area contributed by atoms with Crippen LogP contribution in [0.3, 0.4) is 0 Å². The van der Waals surface area contributed by atoms with E-state index >= 15 is 0 Å². The summed E-state index contributed by atoms with van der Waals surface area (Å²) in [6.07, 6.45) is 7.55. The highest BCUT2D eigenvalue weighted by atomic mass is 35.5. The quantitative estimate of drug-likeness (QED) is 0.426. The number of aromatic nitrogens is 2. The molecular formula is C27H26ClN5O3. The molecule has 1 aliphatic carbocycles. The molecule has 4 heterocycles. The number of ether oxygens (including phenoxy) is 1. The van der Waals surface area contributed by atoms with Gasteiger partial charge < -0.3 is 25.3 Å². The minimum absolute atomic E-state index is 0.0630. The lowest BCUT2D eigenvalue weighted by Gasteiger charge is -2.28. The number of rotatable bonds is 6. The average molecular weight is 504 g/mol. The number of benzene rings is 1. The molecule has 2 aromatic heterocycles. The van der Waals surface area contributed by atoms with E-state index in [-0.39, 0.29) is 23.9 Å². The van der Waals surface area contributed by atoms with Crippen LogP contribution in [-0.4, -0.2) is 46.4 Å². The molecule has 2 amide bonds. The van der Waals surface area contributed by atoms with E-state index in [1.807, 2.05) is 29.3 Å². The summed E-state index contributed by atoms with van der Waals surface area (Å²) in [5, 5.41) is 6.84. The van der Waals surface area contributed by atoms with Crippen molar-refractivity contribution < 1.29 is 14.3 Å². The van der Waals surface area contributed by atoms with Gasteiger partial charge in [-0.25, -0.2) is 0 Å². The molecule has 8 nitrogen and oxygen atoms in total. The molecule has 6 rings (SSSR count). The molecule has 2 aliphatic heterocycles. The first-order valence-corrected chi connectivity index (χ1v) is 12.4. The number of piperidine rings is 1. The van der Waals surface area contributed by atoms with Crippen molar-refractivity contribution in [2.45, 2.75) is 31.3 Å². The van der Waals surface area contributed by atoms with Gasteiger partial charge in [-0.3, -0.25) is 14.6 Å². The first-order chi connectivity index (χ1) is 17.5. The lowest BCUT2D eigenvalue weighted by atomic mass is 9.95. The third kappa shape index (κ3) is 3.55. The van der Waals surface area contributed by atoms with Gasteiger partial charge >= 0.3 is 0 Å². The second-order valence-electron chi connectivity index (χ2n) is 9.41. The Morgan fingerprint density at radius 1 is 1.33 bits per heavy atom. The highest BCUT2D eigenvalue weighted by Crippen LogP contribution is 2.55. The van der Waals surface area contributed by atoms with Crippen molar-refractivity contribution in [1.29, 1.82) is 0 Å². The van der Waals surface area contributed by atoms with Crippen LogP contribution in [0.4, 0.5) is 11.4 Å². The maximum absolute atomic E-state index is 13.0. The lowest BCUT2D eigenvalue weighted by molar-refractivity contribution is -0.128. The molecule has 3 aromatic rings. The van der Waals surface area contributed by atoms with Crippen molar-refractivity contribution in [3.05, 3.63) is 71.2 Å². The van der Waals surface area contributed by atoms with Crippen LogP contribution in [0.1, 0.15) is 40.5 Å². The second kappa shape index (κ2) is 8.71. The fraction of sp³-hybridized carbons (Fsp3) is 0.296. The number of H-pyrrole nitrogens is 1. The predicted molar refractivity (Wildman–Crippen MR) is 138 cm³/mol. The lowest BCUT2D eigenvalue weighted by Crippen LogP contribution is -2.32. The summed E-state index contributed by atoms with van der Waals surface area (Å²) >= 11 is 6.38. The van der Waals surface area contributed by atoms with Gasteiger partial charge in [-0.1, -0.05) is 24.2 Å². The number of nitrogens with zero attached hydrogens (tertiary/aromatic N) is 2. The molecular weight excluding hydrogens is 478 g/mol. The number of anilines is 2. The zero-order valence-corrected chi connectivity index (χ0v) is 20.6. The Morgan fingerprint density at radius 3 is 3.00 bits per heavy atom. The third-order valence-corrected chi connectivity index (χ3v) is 7.71. The van der Waals surface area contributed by atoms with Gasteiger partial charge in [0.1, 0.15) is 0 Å². The van der Waals surface area contributed by atoms with Crippen LogP contribution < -0.4 is 15.4 Å². The number of amides is 2. The van der Waals surface area contributed by atoms with Crippen LogP contribution >= 0.6 is 11.6 Å². The number of nitrogens with one attached hydrogen (secondary N) is 3. The minimum atomic E-state index is -0.150. The maximum Gasteiger partial charge on any atom is 0.255 e. The number of para-hydroxylation sites is 1. The average Bonchev–Trinajstić information content (AvgIpc) is 3.39. The molecule has 2 fully saturated rings. The number of fused-ring (bicyclic) bond motifs is 2. The standard InChI is InChI=1S/C27H26ClN5O3/c1-3-22(34)33-20-11-14(20)12-21(33)16-13-29-9-7-15(16)24-25(23-18(31-24)8-10-30-27(23)35)32-19-6-4-5-17(28)26(19)36-2/h3-7,9,13-14,20-21,31-32H,1,8,10-12H2,2H3,(H,30,35)/t14-,20?,21-/m1/s1. The molecule has 1 aromatic carbocycles. The Balaban J connectivity index is 1.50. The van der Waals surface area contributed by atoms with Crippen LogP contribution in [0.15, 0.2) is 49.3 Å². The molecule has 9 heteroatoms. The monoisotopic (exact) mass is 503 g/mol. The van der Waals surface area contributed by atoms with Gasteiger partial charge in [0.15, 0.2) is 5.75 Å². The molecule has 0 bridgehead atoms. The van der Waals surface area contributed by atoms with Gasteiger partial charge in [-0.15, -0.1) is 0 Å². The fourth-order valence-corrected chi connectivity index (χ4v) is 5.96. The Morgan fingerprint density at radius 2 is 2.19 bits per heavy atom. The number of hydrogen-bond acceptors (Lipinski definition) is 5. The van der Waals surface area contributed by atoms with Gasteiger partial charge in [0.2, 0.25) is 5.91 Å². The van der Waals surface area contributed by atoms with Gasteiger partial charge in [0.05, 0.1) is 40.8 Å². The topological polar surface area (TPSA) is 99.3 Å². The summed E-state index contributed by atoms with van der Waals surface area (Å²) in [4.78, 5) is 35.7. The van der Waals surface area contributed by atoms with E-state index in [0.29, 0.717) is 46.6 Å². The number of pyridine rings is 1. The van der Waals surface area contributed by atoms with Crippen LogP contribution in [-0.2, 0) is 11.2 Å². The van der Waals surface area contributed by atoms with E-state index in [9.17, 15) is 9.59 Å². The summed E-state index contributed by atoms with van der Waals surface area (Å²) in [5.74, 6) is 0.781. The number of hydrogen-bond donors (Lipinski definition) is 3. The van der Waals surface area contributed by atoms with Crippen molar-refractivity contribution in [3.63, 3.8) is 0 Å². The Bertz CT molecular complexity index is 1400. The molecule has 0 radical (unpaired) electrons. The van der Waals surface area contributed by atoms with Crippen molar-refractivity contribution >= 4 is 34.8 Å². The predicted octanol–water partition coefficient (Wildman–Crippen LogP) is 4.62. The summed E-state index contributed by atoms with van der Waals surface area (Å²) < 4.78 is 5.55. The van der Waals surface area contributed by atoms with E-state index < -0.39 is 0 Å². The SMILES string of the molecule is C=CC(=O)N1C2C[C@@H]2C[C@@H]1c1cnccc1-c1[nH]c2c(c1Nc1cccc(Cl)c1OC)C(=O)NCC2. The van der Waals surface area contributed by atoms with E-state index in [0.717, 1.165) is 35.4 Å². The number of methoxy groups -OCH3 is 1. The first kappa shape index (κ1) is 22.7. The highest BCUT2D eigenvalue weighted by molar-refractivity contribution is 6.32. The summed E-state index contributed by atoms with van der Waals surface area (Å²) in [5.41, 5.74) is 5.31. The fourth-order valence-electron chi connectivity index (χ4n) is 5.71. The number of likely N-dealkylation sites (tertiary alicyclic amines) is 1. The molecule has 3 N–H and O–H groups in total. The molecule has 3 atom stereocenters. The Hall–Kier alpha value is -3.78. The third-order valence-electron chi connectivity index (χ3n) is 7.41. The van der Waals surface area contributed by atoms with Crippen LogP contribution in [0, 0.1) is 5.92 Å². The minimum Gasteiger partial charge on any atom is -0.493 e. The number of aromatic amines is 1. The van der Waals surface area contributed by atoms with Crippen molar-refractivity contribution in [2.24, 2.45) is 5.92 Å². The first-order valence-electron chi connectivity index (χ1n) is 12.0. The summed E-state index contributed by atoms with van der Waals surface area (Å²) in [7, 11) is 1.56. The van der Waals surface area contributed by atoms with E-state index in [1.165, 1.54) is 6.08 Å². The largest absolute Gasteiger partial charge is 0.493 e. The number of halogens is 1. The van der Waals surface area contributed by atoms with Crippen molar-refractivity contribution in [2.75, 3.05) is 19.0 Å². The molecule has 184 valence electrons. The Labute approximate surface area is 213 Å². The van der Waals surface area contributed by atoms with Crippen molar-refractivity contribution in [1.82, 2.24) is 20.2 Å². The van der Waals surface area contributed by atoms with Gasteiger partial charge in [-0.2, -0.15) is 0 Å². The summed E-state index contributed by atoms with van der Waals surface area (Å²) in [6.45, 7) is 4.27. The van der Waals surface area contributed by atoms with E-state index in [1.54, 1.807) is 19.4 Å². The molecule has 3 aliphatic rings. The van der Waals surface area contributed by atoms with E-state index in [4.69, 9.17) is 16.3 Å². The smallest absolute Gasteiger partial charge is 0.255 e.